The minimum absolute atomic E-state index is 0.135. The number of benzene rings is 1. The van der Waals surface area contributed by atoms with E-state index >= 15 is 0 Å². The number of fused-ring (bicyclic) bond motifs is 1. The van der Waals surface area contributed by atoms with E-state index in [4.69, 9.17) is 5.73 Å². The number of hydrogen-bond donors (Lipinski definition) is 1. The number of hydrogen-bond acceptors (Lipinski definition) is 2. The quantitative estimate of drug-likeness (QED) is 0.868. The highest BCUT2D eigenvalue weighted by Gasteiger charge is 2.31. The van der Waals surface area contributed by atoms with Gasteiger partial charge >= 0.3 is 6.18 Å². The molecule has 1 saturated carbocycles. The van der Waals surface area contributed by atoms with Gasteiger partial charge in [-0.05, 0) is 43.0 Å². The summed E-state index contributed by atoms with van der Waals surface area (Å²) in [7, 11) is 0. The molecule has 0 aliphatic heterocycles. The van der Waals surface area contributed by atoms with E-state index in [-0.39, 0.29) is 16.9 Å². The number of amides is 1. The number of carbonyl (C=O) groups is 1. The first-order valence-electron chi connectivity index (χ1n) is 8.07. The van der Waals surface area contributed by atoms with Gasteiger partial charge in [0.05, 0.1) is 22.3 Å². The monoisotopic (exact) mass is 336 g/mol. The van der Waals surface area contributed by atoms with Crippen LogP contribution in [0.2, 0.25) is 0 Å². The van der Waals surface area contributed by atoms with Crippen molar-refractivity contribution in [1.82, 2.24) is 4.98 Å². The third-order valence-electron chi connectivity index (χ3n) is 4.84. The standard InChI is InChI=1S/C18H19F3N2O/c1-10-2-4-11(5-3-10)16-14(17(22)24)9-12-8-13(18(19,20)21)6-7-15(12)23-16/h6-11H,2-5H2,1H3,(H2,22,24). The van der Waals surface area contributed by atoms with Gasteiger partial charge in [0.1, 0.15) is 0 Å². The molecule has 1 heterocycles. The summed E-state index contributed by atoms with van der Waals surface area (Å²) in [4.78, 5) is 16.3. The van der Waals surface area contributed by atoms with Gasteiger partial charge in [-0.15, -0.1) is 0 Å². The highest BCUT2D eigenvalue weighted by Crippen LogP contribution is 2.37. The molecular formula is C18H19F3N2O. The third kappa shape index (κ3) is 3.23. The van der Waals surface area contributed by atoms with Gasteiger partial charge in [-0.25, -0.2) is 0 Å². The van der Waals surface area contributed by atoms with Crippen LogP contribution in [0, 0.1) is 5.92 Å². The summed E-state index contributed by atoms with van der Waals surface area (Å²) in [5.74, 6) is 0.138. The van der Waals surface area contributed by atoms with Gasteiger partial charge in [0, 0.05) is 11.3 Å². The predicted molar refractivity (Wildman–Crippen MR) is 85.6 cm³/mol. The first-order valence-corrected chi connectivity index (χ1v) is 8.07. The molecule has 0 spiro atoms. The third-order valence-corrected chi connectivity index (χ3v) is 4.84. The van der Waals surface area contributed by atoms with E-state index in [1.54, 1.807) is 0 Å². The van der Waals surface area contributed by atoms with Crippen LogP contribution in [0.1, 0.15) is 60.1 Å². The van der Waals surface area contributed by atoms with Crippen LogP contribution < -0.4 is 5.73 Å². The molecule has 0 saturated heterocycles. The Balaban J connectivity index is 2.09. The van der Waals surface area contributed by atoms with Gasteiger partial charge in [-0.3, -0.25) is 9.78 Å². The Morgan fingerprint density at radius 1 is 1.17 bits per heavy atom. The fourth-order valence-electron chi connectivity index (χ4n) is 3.41. The van der Waals surface area contributed by atoms with Crippen molar-refractivity contribution in [3.05, 3.63) is 41.1 Å². The number of primary amides is 1. The molecule has 6 heteroatoms. The van der Waals surface area contributed by atoms with Crippen LogP contribution in [0.5, 0.6) is 0 Å². The van der Waals surface area contributed by atoms with Crippen LogP contribution in [0.4, 0.5) is 13.2 Å². The summed E-state index contributed by atoms with van der Waals surface area (Å²) >= 11 is 0. The molecule has 1 aromatic heterocycles. The largest absolute Gasteiger partial charge is 0.416 e. The lowest BCUT2D eigenvalue weighted by Crippen LogP contribution is -2.20. The van der Waals surface area contributed by atoms with E-state index in [2.05, 4.69) is 11.9 Å². The molecule has 0 radical (unpaired) electrons. The molecule has 0 unspecified atom stereocenters. The zero-order chi connectivity index (χ0) is 17.5. The molecule has 0 atom stereocenters. The van der Waals surface area contributed by atoms with Crippen molar-refractivity contribution in [2.24, 2.45) is 11.7 Å². The van der Waals surface area contributed by atoms with Crippen LogP contribution in [0.3, 0.4) is 0 Å². The number of aromatic nitrogens is 1. The van der Waals surface area contributed by atoms with Crippen molar-refractivity contribution in [3.63, 3.8) is 0 Å². The fourth-order valence-corrected chi connectivity index (χ4v) is 3.41. The number of alkyl halides is 3. The topological polar surface area (TPSA) is 56.0 Å². The molecule has 1 aliphatic carbocycles. The van der Waals surface area contributed by atoms with Crippen molar-refractivity contribution < 1.29 is 18.0 Å². The average Bonchev–Trinajstić information content (AvgIpc) is 2.53. The van der Waals surface area contributed by atoms with Crippen LogP contribution >= 0.6 is 0 Å². The molecule has 2 aromatic rings. The zero-order valence-corrected chi connectivity index (χ0v) is 13.4. The second-order valence-electron chi connectivity index (χ2n) is 6.65. The SMILES string of the molecule is CC1CCC(c2nc3ccc(C(F)(F)F)cc3cc2C(N)=O)CC1. The Labute approximate surface area is 138 Å². The molecule has 1 aromatic carbocycles. The maximum atomic E-state index is 12.9. The molecule has 128 valence electrons. The second kappa shape index (κ2) is 6.07. The normalized spacial score (nSPS) is 21.8. The first-order chi connectivity index (χ1) is 11.3. The van der Waals surface area contributed by atoms with Gasteiger partial charge in [-0.1, -0.05) is 19.8 Å². The van der Waals surface area contributed by atoms with Gasteiger partial charge in [0.25, 0.3) is 5.91 Å². The maximum Gasteiger partial charge on any atom is 0.416 e. The van der Waals surface area contributed by atoms with Crippen molar-refractivity contribution in [2.75, 3.05) is 0 Å². The lowest BCUT2D eigenvalue weighted by atomic mass is 9.80. The maximum absolute atomic E-state index is 12.9. The Bertz CT molecular complexity index is 778. The molecule has 2 N–H and O–H groups in total. The molecule has 1 amide bonds. The van der Waals surface area contributed by atoms with E-state index in [0.717, 1.165) is 37.8 Å². The van der Waals surface area contributed by atoms with Crippen LogP contribution in [0.15, 0.2) is 24.3 Å². The molecule has 0 bridgehead atoms. The fraction of sp³-hybridized carbons (Fsp3) is 0.444. The second-order valence-corrected chi connectivity index (χ2v) is 6.65. The van der Waals surface area contributed by atoms with Gasteiger partial charge in [0.2, 0.25) is 0 Å². The first kappa shape index (κ1) is 16.7. The average molecular weight is 336 g/mol. The van der Waals surface area contributed by atoms with E-state index in [0.29, 0.717) is 17.1 Å². The Morgan fingerprint density at radius 2 is 1.83 bits per heavy atom. The molecule has 1 aliphatic rings. The molecule has 1 fully saturated rings. The van der Waals surface area contributed by atoms with Crippen molar-refractivity contribution in [3.8, 4) is 0 Å². The van der Waals surface area contributed by atoms with Gasteiger partial charge in [0.15, 0.2) is 0 Å². The Hall–Kier alpha value is -2.11. The summed E-state index contributed by atoms with van der Waals surface area (Å²) in [6.45, 7) is 2.19. The summed E-state index contributed by atoms with van der Waals surface area (Å²) < 4.78 is 38.6. The highest BCUT2D eigenvalue weighted by atomic mass is 19.4. The predicted octanol–water partition coefficient (Wildman–Crippen LogP) is 4.65. The van der Waals surface area contributed by atoms with E-state index < -0.39 is 17.6 Å². The zero-order valence-electron chi connectivity index (χ0n) is 13.4. The number of rotatable bonds is 2. The molecular weight excluding hydrogens is 317 g/mol. The summed E-state index contributed by atoms with van der Waals surface area (Å²) in [5, 5.41) is 0.284. The lowest BCUT2D eigenvalue weighted by molar-refractivity contribution is -0.137. The number of carbonyl (C=O) groups excluding carboxylic acids is 1. The van der Waals surface area contributed by atoms with Crippen molar-refractivity contribution in [1.29, 1.82) is 0 Å². The van der Waals surface area contributed by atoms with E-state index in [1.165, 1.54) is 12.1 Å². The van der Waals surface area contributed by atoms with E-state index in [9.17, 15) is 18.0 Å². The van der Waals surface area contributed by atoms with Crippen molar-refractivity contribution >= 4 is 16.8 Å². The molecule has 3 nitrogen and oxygen atoms in total. The highest BCUT2D eigenvalue weighted by molar-refractivity contribution is 5.98. The minimum Gasteiger partial charge on any atom is -0.366 e. The number of halogens is 3. The minimum atomic E-state index is -4.43. The molecule has 3 rings (SSSR count). The van der Waals surface area contributed by atoms with E-state index in [1.807, 2.05) is 0 Å². The number of nitrogens with two attached hydrogens (primary N) is 1. The van der Waals surface area contributed by atoms with Crippen LogP contribution in [0.25, 0.3) is 10.9 Å². The van der Waals surface area contributed by atoms with Gasteiger partial charge < -0.3 is 5.73 Å². The Kier molecular flexibility index (Phi) is 4.24. The summed E-state index contributed by atoms with van der Waals surface area (Å²) in [6.07, 6.45) is -0.494. The number of pyridine rings is 1. The summed E-state index contributed by atoms with van der Waals surface area (Å²) in [5.41, 5.74) is 6.03. The van der Waals surface area contributed by atoms with Crippen LogP contribution in [-0.4, -0.2) is 10.9 Å². The lowest BCUT2D eigenvalue weighted by Gasteiger charge is -2.27. The Morgan fingerprint density at radius 3 is 2.42 bits per heavy atom. The van der Waals surface area contributed by atoms with Crippen molar-refractivity contribution in [2.45, 2.75) is 44.7 Å². The van der Waals surface area contributed by atoms with Crippen LogP contribution in [-0.2, 0) is 6.18 Å². The molecule has 24 heavy (non-hydrogen) atoms. The smallest absolute Gasteiger partial charge is 0.366 e. The number of nitrogens with zero attached hydrogens (tertiary/aromatic N) is 1. The van der Waals surface area contributed by atoms with Gasteiger partial charge in [-0.2, -0.15) is 13.2 Å². The summed E-state index contributed by atoms with van der Waals surface area (Å²) in [6, 6.07) is 4.85.